The Morgan fingerprint density at radius 3 is 2.64 bits per heavy atom. The molecule has 1 amide bonds. The summed E-state index contributed by atoms with van der Waals surface area (Å²) in [6.07, 6.45) is 0.792. The number of amides is 1. The van der Waals surface area contributed by atoms with Gasteiger partial charge < -0.3 is 14.6 Å². The SMILES string of the molecule is Cc1ccccc1C[C@H](C)NC(=O)c1cccc(OCc2c(C)noc2C)c1. The number of nitrogens with one attached hydrogen (secondary N) is 1. The van der Waals surface area contributed by atoms with E-state index < -0.39 is 0 Å². The first-order chi connectivity index (χ1) is 13.4. The van der Waals surface area contributed by atoms with E-state index in [1.165, 1.54) is 11.1 Å². The number of aryl methyl sites for hydroxylation is 3. The van der Waals surface area contributed by atoms with Crippen LogP contribution in [0.5, 0.6) is 5.75 Å². The molecule has 5 heteroatoms. The van der Waals surface area contributed by atoms with Crippen molar-refractivity contribution in [1.82, 2.24) is 10.5 Å². The minimum atomic E-state index is -0.108. The number of benzene rings is 2. The molecule has 1 heterocycles. The maximum atomic E-state index is 12.6. The van der Waals surface area contributed by atoms with Crippen molar-refractivity contribution in [1.29, 1.82) is 0 Å². The average Bonchev–Trinajstić information content (AvgIpc) is 3.00. The van der Waals surface area contributed by atoms with Crippen LogP contribution in [-0.4, -0.2) is 17.1 Å². The van der Waals surface area contributed by atoms with E-state index in [1.54, 1.807) is 12.1 Å². The predicted octanol–water partition coefficient (Wildman–Crippen LogP) is 4.54. The zero-order valence-electron chi connectivity index (χ0n) is 16.8. The number of nitrogens with zero attached hydrogens (tertiary/aromatic N) is 1. The van der Waals surface area contributed by atoms with E-state index in [9.17, 15) is 4.79 Å². The molecule has 0 aliphatic carbocycles. The van der Waals surface area contributed by atoms with Gasteiger partial charge in [0.1, 0.15) is 18.1 Å². The number of carbonyl (C=O) groups is 1. The molecule has 3 aromatic rings. The summed E-state index contributed by atoms with van der Waals surface area (Å²) in [7, 11) is 0. The summed E-state index contributed by atoms with van der Waals surface area (Å²) in [5.41, 5.74) is 4.80. The highest BCUT2D eigenvalue weighted by molar-refractivity contribution is 5.94. The molecule has 0 aliphatic heterocycles. The lowest BCUT2D eigenvalue weighted by Gasteiger charge is -2.16. The van der Waals surface area contributed by atoms with Crippen molar-refractivity contribution in [3.63, 3.8) is 0 Å². The molecule has 0 unspecified atom stereocenters. The van der Waals surface area contributed by atoms with Gasteiger partial charge in [0.05, 0.1) is 11.3 Å². The fourth-order valence-corrected chi connectivity index (χ4v) is 3.12. The van der Waals surface area contributed by atoms with Gasteiger partial charge in [0, 0.05) is 11.6 Å². The van der Waals surface area contributed by atoms with Crippen LogP contribution in [0.3, 0.4) is 0 Å². The summed E-state index contributed by atoms with van der Waals surface area (Å²) < 4.78 is 11.0. The Hall–Kier alpha value is -3.08. The third-order valence-electron chi connectivity index (χ3n) is 4.83. The first-order valence-corrected chi connectivity index (χ1v) is 9.44. The van der Waals surface area contributed by atoms with Gasteiger partial charge in [-0.3, -0.25) is 4.79 Å². The molecule has 0 radical (unpaired) electrons. The molecule has 146 valence electrons. The molecule has 0 fully saturated rings. The topological polar surface area (TPSA) is 64.4 Å². The van der Waals surface area contributed by atoms with E-state index in [1.807, 2.05) is 45.0 Å². The molecule has 0 saturated heterocycles. The number of ether oxygens (including phenoxy) is 1. The van der Waals surface area contributed by atoms with Crippen molar-refractivity contribution in [2.24, 2.45) is 0 Å². The lowest BCUT2D eigenvalue weighted by molar-refractivity contribution is 0.0939. The van der Waals surface area contributed by atoms with Crippen LogP contribution < -0.4 is 10.1 Å². The second-order valence-corrected chi connectivity index (χ2v) is 7.12. The Bertz CT molecular complexity index is 942. The Morgan fingerprint density at radius 1 is 1.14 bits per heavy atom. The van der Waals surface area contributed by atoms with Crippen molar-refractivity contribution in [3.05, 3.63) is 82.2 Å². The van der Waals surface area contributed by atoms with Gasteiger partial charge in [-0.1, -0.05) is 35.5 Å². The van der Waals surface area contributed by atoms with Crippen LogP contribution in [0.25, 0.3) is 0 Å². The Balaban J connectivity index is 1.61. The van der Waals surface area contributed by atoms with Crippen molar-refractivity contribution in [3.8, 4) is 5.75 Å². The lowest BCUT2D eigenvalue weighted by atomic mass is 10.0. The van der Waals surface area contributed by atoms with Crippen LogP contribution in [0.1, 0.15) is 45.4 Å². The number of rotatable bonds is 7. The van der Waals surface area contributed by atoms with Crippen molar-refractivity contribution in [2.45, 2.75) is 46.8 Å². The summed E-state index contributed by atoms with van der Waals surface area (Å²) in [5, 5.41) is 7.00. The molecular formula is C23H26N2O3. The highest BCUT2D eigenvalue weighted by Gasteiger charge is 2.13. The van der Waals surface area contributed by atoms with Gasteiger partial charge in [0.15, 0.2) is 0 Å². The van der Waals surface area contributed by atoms with Crippen molar-refractivity contribution < 1.29 is 14.1 Å². The molecule has 1 aromatic heterocycles. The molecule has 5 nitrogen and oxygen atoms in total. The molecule has 28 heavy (non-hydrogen) atoms. The Kier molecular flexibility index (Phi) is 6.14. The molecule has 0 bridgehead atoms. The van der Waals surface area contributed by atoms with Gasteiger partial charge in [-0.15, -0.1) is 0 Å². The highest BCUT2D eigenvalue weighted by Crippen LogP contribution is 2.19. The fourth-order valence-electron chi connectivity index (χ4n) is 3.12. The standard InChI is InChI=1S/C23H26N2O3/c1-15-8-5-6-9-19(15)12-16(2)24-23(26)20-10-7-11-21(13-20)27-14-22-17(3)25-28-18(22)4/h5-11,13,16H,12,14H2,1-4H3,(H,24,26)/t16-/m0/s1. The summed E-state index contributed by atoms with van der Waals surface area (Å²) in [4.78, 5) is 12.6. The van der Waals surface area contributed by atoms with E-state index in [0.29, 0.717) is 17.9 Å². The first-order valence-electron chi connectivity index (χ1n) is 9.44. The third-order valence-corrected chi connectivity index (χ3v) is 4.83. The average molecular weight is 378 g/mol. The second kappa shape index (κ2) is 8.74. The quantitative estimate of drug-likeness (QED) is 0.655. The van der Waals surface area contributed by atoms with E-state index in [-0.39, 0.29) is 11.9 Å². The normalized spacial score (nSPS) is 11.9. The molecule has 2 aromatic carbocycles. The fraction of sp³-hybridized carbons (Fsp3) is 0.304. The summed E-state index contributed by atoms with van der Waals surface area (Å²) in [6, 6.07) is 15.5. The Morgan fingerprint density at radius 2 is 1.93 bits per heavy atom. The monoisotopic (exact) mass is 378 g/mol. The van der Waals surface area contributed by atoms with Crippen molar-refractivity contribution in [2.75, 3.05) is 0 Å². The molecular weight excluding hydrogens is 352 g/mol. The van der Waals surface area contributed by atoms with Crippen molar-refractivity contribution >= 4 is 5.91 Å². The van der Waals surface area contributed by atoms with E-state index >= 15 is 0 Å². The molecule has 0 aliphatic rings. The Labute approximate surface area is 165 Å². The van der Waals surface area contributed by atoms with E-state index in [0.717, 1.165) is 23.4 Å². The van der Waals surface area contributed by atoms with Crippen LogP contribution in [0, 0.1) is 20.8 Å². The van der Waals surface area contributed by atoms with Crippen LogP contribution in [0.2, 0.25) is 0 Å². The minimum Gasteiger partial charge on any atom is -0.489 e. The van der Waals surface area contributed by atoms with Gasteiger partial charge in [-0.25, -0.2) is 0 Å². The van der Waals surface area contributed by atoms with E-state index in [4.69, 9.17) is 9.26 Å². The summed E-state index contributed by atoms with van der Waals surface area (Å²) in [5.74, 6) is 1.28. The van der Waals surface area contributed by atoms with Crippen LogP contribution in [-0.2, 0) is 13.0 Å². The maximum absolute atomic E-state index is 12.6. The van der Waals surface area contributed by atoms with Gasteiger partial charge in [-0.05, 0) is 63.4 Å². The molecule has 1 atom stereocenters. The van der Waals surface area contributed by atoms with Gasteiger partial charge in [-0.2, -0.15) is 0 Å². The van der Waals surface area contributed by atoms with Gasteiger partial charge >= 0.3 is 0 Å². The molecule has 0 spiro atoms. The largest absolute Gasteiger partial charge is 0.489 e. The zero-order valence-corrected chi connectivity index (χ0v) is 16.8. The molecule has 3 rings (SSSR count). The van der Waals surface area contributed by atoms with Crippen LogP contribution in [0.4, 0.5) is 0 Å². The smallest absolute Gasteiger partial charge is 0.251 e. The highest BCUT2D eigenvalue weighted by atomic mass is 16.5. The first kappa shape index (κ1) is 19.7. The van der Waals surface area contributed by atoms with Gasteiger partial charge in [0.25, 0.3) is 5.91 Å². The van der Waals surface area contributed by atoms with Gasteiger partial charge in [0.2, 0.25) is 0 Å². The second-order valence-electron chi connectivity index (χ2n) is 7.12. The zero-order chi connectivity index (χ0) is 20.1. The summed E-state index contributed by atoms with van der Waals surface area (Å²) >= 11 is 0. The number of aromatic nitrogens is 1. The van der Waals surface area contributed by atoms with E-state index in [2.05, 4.69) is 29.5 Å². The lowest BCUT2D eigenvalue weighted by Crippen LogP contribution is -2.34. The third kappa shape index (κ3) is 4.80. The minimum absolute atomic E-state index is 0.0282. The number of carbonyl (C=O) groups excluding carboxylic acids is 1. The van der Waals surface area contributed by atoms with Crippen LogP contribution in [0.15, 0.2) is 53.1 Å². The number of hydrogen-bond acceptors (Lipinski definition) is 4. The molecule has 1 N–H and O–H groups in total. The van der Waals surface area contributed by atoms with Crippen LogP contribution >= 0.6 is 0 Å². The summed E-state index contributed by atoms with van der Waals surface area (Å²) in [6.45, 7) is 8.20. The predicted molar refractivity (Wildman–Crippen MR) is 109 cm³/mol. The maximum Gasteiger partial charge on any atom is 0.251 e. The molecule has 0 saturated carbocycles. The number of hydrogen-bond donors (Lipinski definition) is 1.